The molecule has 0 heterocycles. The zero-order valence-electron chi connectivity index (χ0n) is 12.1. The van der Waals surface area contributed by atoms with Crippen LogP contribution in [-0.4, -0.2) is 6.61 Å². The van der Waals surface area contributed by atoms with Gasteiger partial charge in [-0.25, -0.2) is 0 Å². The molecule has 0 spiro atoms. The SMILES string of the molecule is CCCOc1ccccc1CCC(N)c1ccccc1. The van der Waals surface area contributed by atoms with Crippen LogP contribution < -0.4 is 10.5 Å². The largest absolute Gasteiger partial charge is 0.493 e. The lowest BCUT2D eigenvalue weighted by Crippen LogP contribution is -2.11. The molecule has 0 amide bonds. The minimum Gasteiger partial charge on any atom is -0.493 e. The molecule has 0 fully saturated rings. The summed E-state index contributed by atoms with van der Waals surface area (Å²) in [7, 11) is 0. The number of hydrogen-bond acceptors (Lipinski definition) is 2. The van der Waals surface area contributed by atoms with Crippen molar-refractivity contribution in [3.05, 3.63) is 65.7 Å². The topological polar surface area (TPSA) is 35.2 Å². The van der Waals surface area contributed by atoms with Crippen LogP contribution in [0.4, 0.5) is 0 Å². The minimum absolute atomic E-state index is 0.0791. The molecule has 0 radical (unpaired) electrons. The fourth-order valence-corrected chi connectivity index (χ4v) is 2.24. The standard InChI is InChI=1S/C18H23NO/c1-2-14-20-18-11-7-6-10-16(18)12-13-17(19)15-8-4-3-5-9-15/h3-11,17H,2,12-14,19H2,1H3. The van der Waals surface area contributed by atoms with E-state index in [1.807, 2.05) is 30.3 Å². The van der Waals surface area contributed by atoms with E-state index >= 15 is 0 Å². The highest BCUT2D eigenvalue weighted by Gasteiger charge is 2.08. The summed E-state index contributed by atoms with van der Waals surface area (Å²) in [5, 5.41) is 0. The van der Waals surface area contributed by atoms with E-state index in [0.717, 1.165) is 31.6 Å². The molecule has 1 unspecified atom stereocenters. The van der Waals surface area contributed by atoms with Gasteiger partial charge in [0.15, 0.2) is 0 Å². The summed E-state index contributed by atoms with van der Waals surface area (Å²) >= 11 is 0. The number of para-hydroxylation sites is 1. The van der Waals surface area contributed by atoms with Crippen LogP contribution in [0.2, 0.25) is 0 Å². The summed E-state index contributed by atoms with van der Waals surface area (Å²) in [6, 6.07) is 18.6. The average Bonchev–Trinajstić information content (AvgIpc) is 2.52. The molecule has 2 aromatic rings. The van der Waals surface area contributed by atoms with Crippen molar-refractivity contribution in [3.63, 3.8) is 0 Å². The molecule has 2 rings (SSSR count). The van der Waals surface area contributed by atoms with Crippen LogP contribution in [0, 0.1) is 0 Å². The van der Waals surface area contributed by atoms with Gasteiger partial charge in [-0.2, -0.15) is 0 Å². The van der Waals surface area contributed by atoms with Gasteiger partial charge in [0, 0.05) is 6.04 Å². The van der Waals surface area contributed by atoms with Crippen LogP contribution >= 0.6 is 0 Å². The second-order valence-electron chi connectivity index (χ2n) is 5.01. The Morgan fingerprint density at radius 3 is 2.45 bits per heavy atom. The van der Waals surface area contributed by atoms with Gasteiger partial charge in [0.1, 0.15) is 5.75 Å². The third-order valence-corrected chi connectivity index (χ3v) is 3.39. The van der Waals surface area contributed by atoms with Crippen molar-refractivity contribution in [1.82, 2.24) is 0 Å². The van der Waals surface area contributed by atoms with Gasteiger partial charge in [0.25, 0.3) is 0 Å². The quantitative estimate of drug-likeness (QED) is 0.821. The zero-order chi connectivity index (χ0) is 14.2. The van der Waals surface area contributed by atoms with Crippen molar-refractivity contribution >= 4 is 0 Å². The van der Waals surface area contributed by atoms with Gasteiger partial charge in [-0.05, 0) is 36.5 Å². The molecule has 106 valence electrons. The molecule has 1 atom stereocenters. The summed E-state index contributed by atoms with van der Waals surface area (Å²) < 4.78 is 5.78. The Hall–Kier alpha value is -1.80. The van der Waals surface area contributed by atoms with E-state index in [1.54, 1.807) is 0 Å². The minimum atomic E-state index is 0.0791. The molecule has 0 aliphatic rings. The van der Waals surface area contributed by atoms with Gasteiger partial charge in [0.2, 0.25) is 0 Å². The molecule has 0 saturated heterocycles. The molecular formula is C18H23NO. The van der Waals surface area contributed by atoms with Gasteiger partial charge in [-0.15, -0.1) is 0 Å². The first-order valence-corrected chi connectivity index (χ1v) is 7.32. The molecule has 0 bridgehead atoms. The Bertz CT molecular complexity index is 510. The van der Waals surface area contributed by atoms with Gasteiger partial charge < -0.3 is 10.5 Å². The fourth-order valence-electron chi connectivity index (χ4n) is 2.24. The van der Waals surface area contributed by atoms with Gasteiger partial charge in [-0.1, -0.05) is 55.5 Å². The normalized spacial score (nSPS) is 12.1. The highest BCUT2D eigenvalue weighted by Crippen LogP contribution is 2.23. The molecule has 2 aromatic carbocycles. The van der Waals surface area contributed by atoms with E-state index in [-0.39, 0.29) is 6.04 Å². The fraction of sp³-hybridized carbons (Fsp3) is 0.333. The first-order chi connectivity index (χ1) is 9.81. The monoisotopic (exact) mass is 269 g/mol. The third-order valence-electron chi connectivity index (χ3n) is 3.39. The van der Waals surface area contributed by atoms with E-state index < -0.39 is 0 Å². The summed E-state index contributed by atoms with van der Waals surface area (Å²) in [6.45, 7) is 2.88. The van der Waals surface area contributed by atoms with E-state index in [2.05, 4.69) is 31.2 Å². The molecule has 0 aromatic heterocycles. The number of aryl methyl sites for hydroxylation is 1. The van der Waals surface area contributed by atoms with Crippen LogP contribution in [0.5, 0.6) is 5.75 Å². The van der Waals surface area contributed by atoms with E-state index in [9.17, 15) is 0 Å². The first-order valence-electron chi connectivity index (χ1n) is 7.32. The maximum absolute atomic E-state index is 6.25. The Labute approximate surface area is 121 Å². The Morgan fingerprint density at radius 2 is 1.70 bits per heavy atom. The van der Waals surface area contributed by atoms with Crippen molar-refractivity contribution < 1.29 is 4.74 Å². The molecule has 2 heteroatoms. The molecule has 0 saturated carbocycles. The lowest BCUT2D eigenvalue weighted by Gasteiger charge is -2.14. The number of hydrogen-bond donors (Lipinski definition) is 1. The molecule has 2 N–H and O–H groups in total. The predicted octanol–water partition coefficient (Wildman–Crippen LogP) is 4.11. The number of ether oxygens (including phenoxy) is 1. The highest BCUT2D eigenvalue weighted by atomic mass is 16.5. The van der Waals surface area contributed by atoms with Crippen molar-refractivity contribution in [1.29, 1.82) is 0 Å². The average molecular weight is 269 g/mol. The summed E-state index contributed by atoms with van der Waals surface area (Å²) in [6.07, 6.45) is 2.89. The second-order valence-corrected chi connectivity index (χ2v) is 5.01. The lowest BCUT2D eigenvalue weighted by atomic mass is 9.99. The van der Waals surface area contributed by atoms with Gasteiger partial charge in [0.05, 0.1) is 6.61 Å². The van der Waals surface area contributed by atoms with Crippen molar-refractivity contribution in [2.24, 2.45) is 5.73 Å². The highest BCUT2D eigenvalue weighted by molar-refractivity contribution is 5.33. The Morgan fingerprint density at radius 1 is 1.00 bits per heavy atom. The van der Waals surface area contributed by atoms with Gasteiger partial charge >= 0.3 is 0 Å². The number of nitrogens with two attached hydrogens (primary N) is 1. The summed E-state index contributed by atoms with van der Waals surface area (Å²) in [4.78, 5) is 0. The predicted molar refractivity (Wildman–Crippen MR) is 83.9 cm³/mol. The molecular weight excluding hydrogens is 246 g/mol. The number of benzene rings is 2. The Balaban J connectivity index is 1.96. The van der Waals surface area contributed by atoms with E-state index in [4.69, 9.17) is 10.5 Å². The first kappa shape index (κ1) is 14.6. The second kappa shape index (κ2) is 7.71. The smallest absolute Gasteiger partial charge is 0.122 e. The molecule has 2 nitrogen and oxygen atoms in total. The lowest BCUT2D eigenvalue weighted by molar-refractivity contribution is 0.313. The van der Waals surface area contributed by atoms with Crippen LogP contribution in [0.3, 0.4) is 0 Å². The van der Waals surface area contributed by atoms with E-state index in [1.165, 1.54) is 11.1 Å². The Kier molecular flexibility index (Phi) is 5.63. The number of rotatable bonds is 7. The van der Waals surface area contributed by atoms with Crippen LogP contribution in [0.1, 0.15) is 36.9 Å². The van der Waals surface area contributed by atoms with Crippen molar-refractivity contribution in [2.45, 2.75) is 32.2 Å². The maximum Gasteiger partial charge on any atom is 0.122 e. The van der Waals surface area contributed by atoms with Gasteiger partial charge in [-0.3, -0.25) is 0 Å². The van der Waals surface area contributed by atoms with Crippen molar-refractivity contribution in [3.8, 4) is 5.75 Å². The van der Waals surface area contributed by atoms with Crippen molar-refractivity contribution in [2.75, 3.05) is 6.61 Å². The molecule has 0 aliphatic carbocycles. The molecule has 20 heavy (non-hydrogen) atoms. The maximum atomic E-state index is 6.25. The zero-order valence-corrected chi connectivity index (χ0v) is 12.1. The summed E-state index contributed by atoms with van der Waals surface area (Å²) in [5.41, 5.74) is 8.69. The van der Waals surface area contributed by atoms with Crippen LogP contribution in [0.25, 0.3) is 0 Å². The van der Waals surface area contributed by atoms with Crippen LogP contribution in [0.15, 0.2) is 54.6 Å². The van der Waals surface area contributed by atoms with E-state index in [0.29, 0.717) is 0 Å². The molecule has 0 aliphatic heterocycles. The third kappa shape index (κ3) is 4.10. The van der Waals surface area contributed by atoms with Crippen LogP contribution in [-0.2, 0) is 6.42 Å². The summed E-state index contributed by atoms with van der Waals surface area (Å²) in [5.74, 6) is 0.995.